The summed E-state index contributed by atoms with van der Waals surface area (Å²) in [6, 6.07) is 3.80. The highest BCUT2D eigenvalue weighted by Gasteiger charge is 2.37. The second-order valence-electron chi connectivity index (χ2n) is 3.77. The molecule has 0 amide bonds. The van der Waals surface area contributed by atoms with Crippen LogP contribution in [0.5, 0.6) is 0 Å². The molecule has 2 aromatic rings. The first-order valence-electron chi connectivity index (χ1n) is 5.15. The Bertz CT molecular complexity index is 784. The van der Waals surface area contributed by atoms with E-state index in [0.717, 1.165) is 10.7 Å². The molecule has 1 aromatic carbocycles. The van der Waals surface area contributed by atoms with Crippen molar-refractivity contribution >= 4 is 29.2 Å². The van der Waals surface area contributed by atoms with Gasteiger partial charge < -0.3 is 4.74 Å². The second-order valence-corrected chi connectivity index (χ2v) is 4.18. The van der Waals surface area contributed by atoms with Crippen LogP contribution in [0.2, 0.25) is 5.02 Å². The summed E-state index contributed by atoms with van der Waals surface area (Å²) in [6.07, 6.45) is 0. The molecule has 0 saturated heterocycles. The molecule has 0 unspecified atom stereocenters. The van der Waals surface area contributed by atoms with Crippen molar-refractivity contribution in [1.82, 2.24) is 15.0 Å². The van der Waals surface area contributed by atoms with Gasteiger partial charge in [0.2, 0.25) is 5.69 Å². The Morgan fingerprint density at radius 1 is 1.30 bits per heavy atom. The number of aromatic nitrogens is 3. The minimum absolute atomic E-state index is 0.0610. The maximum atomic E-state index is 11.5. The van der Waals surface area contributed by atoms with Crippen molar-refractivity contribution in [3.63, 3.8) is 0 Å². The van der Waals surface area contributed by atoms with Crippen LogP contribution >= 0.6 is 11.6 Å². The Labute approximate surface area is 114 Å². The SMILES string of the molecule is O=C1OC(=O)c2c1nnn2-c1ccc(Cl)c([N+](=O)[O-])c1. The highest BCUT2D eigenvalue weighted by atomic mass is 35.5. The summed E-state index contributed by atoms with van der Waals surface area (Å²) in [7, 11) is 0. The zero-order valence-electron chi connectivity index (χ0n) is 9.44. The van der Waals surface area contributed by atoms with Crippen LogP contribution in [0.1, 0.15) is 21.0 Å². The van der Waals surface area contributed by atoms with Crippen molar-refractivity contribution < 1.29 is 19.2 Å². The summed E-state index contributed by atoms with van der Waals surface area (Å²) in [5, 5.41) is 17.9. The average molecular weight is 295 g/mol. The molecule has 0 N–H and O–H groups in total. The molecular weight excluding hydrogens is 292 g/mol. The number of nitro benzene ring substituents is 1. The molecule has 0 spiro atoms. The van der Waals surface area contributed by atoms with E-state index in [-0.39, 0.29) is 27.8 Å². The van der Waals surface area contributed by atoms with Crippen LogP contribution in [0.4, 0.5) is 5.69 Å². The smallest absolute Gasteiger partial charge is 0.369 e. The molecule has 1 aliphatic rings. The molecule has 1 aromatic heterocycles. The van der Waals surface area contributed by atoms with Crippen LogP contribution in [-0.2, 0) is 4.74 Å². The van der Waals surface area contributed by atoms with E-state index in [9.17, 15) is 19.7 Å². The molecule has 10 heteroatoms. The van der Waals surface area contributed by atoms with Crippen LogP contribution in [0, 0.1) is 10.1 Å². The van der Waals surface area contributed by atoms with E-state index >= 15 is 0 Å². The normalized spacial score (nSPS) is 13.2. The Balaban J connectivity index is 2.19. The number of esters is 2. The highest BCUT2D eigenvalue weighted by Crippen LogP contribution is 2.28. The third kappa shape index (κ3) is 1.64. The van der Waals surface area contributed by atoms with E-state index < -0.39 is 16.9 Å². The molecule has 0 saturated carbocycles. The van der Waals surface area contributed by atoms with Crippen molar-refractivity contribution in [2.45, 2.75) is 0 Å². The Hall–Kier alpha value is -2.81. The second kappa shape index (κ2) is 4.10. The van der Waals surface area contributed by atoms with Gasteiger partial charge in [0.15, 0.2) is 5.69 Å². The van der Waals surface area contributed by atoms with E-state index in [2.05, 4.69) is 15.0 Å². The van der Waals surface area contributed by atoms with Gasteiger partial charge in [0, 0.05) is 6.07 Å². The van der Waals surface area contributed by atoms with E-state index in [1.165, 1.54) is 12.1 Å². The summed E-state index contributed by atoms with van der Waals surface area (Å²) in [5.41, 5.74) is -0.591. The number of hydrogen-bond acceptors (Lipinski definition) is 7. The van der Waals surface area contributed by atoms with Crippen molar-refractivity contribution in [1.29, 1.82) is 0 Å². The van der Waals surface area contributed by atoms with Gasteiger partial charge in [0.1, 0.15) is 5.02 Å². The average Bonchev–Trinajstić information content (AvgIpc) is 2.93. The Morgan fingerprint density at radius 3 is 2.75 bits per heavy atom. The highest BCUT2D eigenvalue weighted by molar-refractivity contribution is 6.32. The molecule has 100 valence electrons. The summed E-state index contributed by atoms with van der Waals surface area (Å²) < 4.78 is 5.37. The van der Waals surface area contributed by atoms with Crippen LogP contribution in [0.3, 0.4) is 0 Å². The van der Waals surface area contributed by atoms with Crippen LogP contribution in [-0.4, -0.2) is 31.9 Å². The first-order valence-corrected chi connectivity index (χ1v) is 5.53. The van der Waals surface area contributed by atoms with Gasteiger partial charge in [-0.3, -0.25) is 10.1 Å². The van der Waals surface area contributed by atoms with Crippen molar-refractivity contribution in [3.8, 4) is 5.69 Å². The predicted octanol–water partition coefficient (Wildman–Crippen LogP) is 1.14. The molecule has 1 aliphatic heterocycles. The maximum Gasteiger partial charge on any atom is 0.369 e. The number of nitrogens with zero attached hydrogens (tertiary/aromatic N) is 4. The molecule has 0 radical (unpaired) electrons. The van der Waals surface area contributed by atoms with Crippen LogP contribution in [0.15, 0.2) is 18.2 Å². The lowest BCUT2D eigenvalue weighted by atomic mass is 10.2. The first-order chi connectivity index (χ1) is 9.49. The molecule has 0 aliphatic carbocycles. The molecule has 3 rings (SSSR count). The van der Waals surface area contributed by atoms with Gasteiger partial charge in [-0.25, -0.2) is 14.3 Å². The van der Waals surface area contributed by atoms with Gasteiger partial charge in [0.05, 0.1) is 10.6 Å². The monoisotopic (exact) mass is 294 g/mol. The molecule has 0 atom stereocenters. The van der Waals surface area contributed by atoms with Crippen molar-refractivity contribution in [3.05, 3.63) is 44.7 Å². The van der Waals surface area contributed by atoms with Gasteiger partial charge >= 0.3 is 11.9 Å². The fourth-order valence-corrected chi connectivity index (χ4v) is 1.92. The lowest BCUT2D eigenvalue weighted by Gasteiger charge is -2.03. The first kappa shape index (κ1) is 12.2. The zero-order valence-corrected chi connectivity index (χ0v) is 10.2. The van der Waals surface area contributed by atoms with Crippen molar-refractivity contribution in [2.75, 3.05) is 0 Å². The fraction of sp³-hybridized carbons (Fsp3) is 0. The summed E-state index contributed by atoms with van der Waals surface area (Å²) in [4.78, 5) is 32.9. The van der Waals surface area contributed by atoms with Gasteiger partial charge in [-0.15, -0.1) is 5.10 Å². The number of halogens is 1. The minimum Gasteiger partial charge on any atom is -0.383 e. The molecule has 9 nitrogen and oxygen atoms in total. The topological polar surface area (TPSA) is 117 Å². The maximum absolute atomic E-state index is 11.5. The third-order valence-corrected chi connectivity index (χ3v) is 2.93. The summed E-state index contributed by atoms with van der Waals surface area (Å²) >= 11 is 5.69. The van der Waals surface area contributed by atoms with E-state index in [4.69, 9.17) is 11.6 Å². The van der Waals surface area contributed by atoms with Crippen LogP contribution in [0.25, 0.3) is 5.69 Å². The number of cyclic esters (lactones) is 2. The third-order valence-electron chi connectivity index (χ3n) is 2.61. The van der Waals surface area contributed by atoms with E-state index in [1.807, 2.05) is 0 Å². The fourth-order valence-electron chi connectivity index (χ4n) is 1.74. The standard InChI is InChI=1S/C10H3ClN4O5/c11-5-2-1-4(3-6(5)15(18)19)14-8-7(12-13-14)9(16)20-10(8)17/h1-3H. The number of benzene rings is 1. The number of rotatable bonds is 2. The lowest BCUT2D eigenvalue weighted by Crippen LogP contribution is -2.08. The molecular formula is C10H3ClN4O5. The number of ether oxygens (including phenoxy) is 1. The predicted molar refractivity (Wildman–Crippen MR) is 62.8 cm³/mol. The Kier molecular flexibility index (Phi) is 2.51. The van der Waals surface area contributed by atoms with Crippen molar-refractivity contribution in [2.24, 2.45) is 0 Å². The minimum atomic E-state index is -0.910. The number of hydrogen-bond donors (Lipinski definition) is 0. The van der Waals surface area contributed by atoms with Crippen LogP contribution < -0.4 is 0 Å². The zero-order chi connectivity index (χ0) is 14.4. The van der Waals surface area contributed by atoms with Gasteiger partial charge in [-0.1, -0.05) is 16.8 Å². The molecule has 0 fully saturated rings. The number of carbonyl (C=O) groups excluding carboxylic acids is 2. The lowest BCUT2D eigenvalue weighted by molar-refractivity contribution is -0.384. The molecule has 0 bridgehead atoms. The van der Waals surface area contributed by atoms with Gasteiger partial charge in [-0.05, 0) is 12.1 Å². The molecule has 2 heterocycles. The van der Waals surface area contributed by atoms with Gasteiger partial charge in [-0.2, -0.15) is 0 Å². The number of carbonyl (C=O) groups is 2. The summed E-state index contributed by atoms with van der Waals surface area (Å²) in [5.74, 6) is -1.81. The Morgan fingerprint density at radius 2 is 2.05 bits per heavy atom. The van der Waals surface area contributed by atoms with E-state index in [0.29, 0.717) is 0 Å². The number of nitro groups is 1. The quantitative estimate of drug-likeness (QED) is 0.353. The van der Waals surface area contributed by atoms with E-state index in [1.54, 1.807) is 0 Å². The number of fused-ring (bicyclic) bond motifs is 1. The van der Waals surface area contributed by atoms with Gasteiger partial charge in [0.25, 0.3) is 5.69 Å². The largest absolute Gasteiger partial charge is 0.383 e. The summed E-state index contributed by atoms with van der Waals surface area (Å²) in [6.45, 7) is 0. The molecule has 20 heavy (non-hydrogen) atoms.